The summed E-state index contributed by atoms with van der Waals surface area (Å²) in [4.78, 5) is 16.4. The molecule has 3 rings (SSSR count). The maximum Gasteiger partial charge on any atom is 0.254 e. The Morgan fingerprint density at radius 2 is 2.47 bits per heavy atom. The summed E-state index contributed by atoms with van der Waals surface area (Å²) in [5.41, 5.74) is 1.76. The van der Waals surface area contributed by atoms with E-state index in [0.29, 0.717) is 13.2 Å². The second-order valence-electron chi connectivity index (χ2n) is 4.47. The summed E-state index contributed by atoms with van der Waals surface area (Å²) in [5.74, 6) is -0.104. The van der Waals surface area contributed by atoms with E-state index in [1.54, 1.807) is 11.3 Å². The second-order valence-corrected chi connectivity index (χ2v) is 5.70. The molecule has 1 aliphatic heterocycles. The van der Waals surface area contributed by atoms with Crippen LogP contribution in [0.3, 0.4) is 0 Å². The average molecular weight is 277 g/mol. The molecule has 0 aliphatic carbocycles. The Labute approximate surface area is 115 Å². The number of hydrogen-bond acceptors (Lipinski definition) is 5. The number of carbonyl (C=O) groups is 1. The van der Waals surface area contributed by atoms with Gasteiger partial charge in [0.05, 0.1) is 21.8 Å². The molecule has 1 aromatic heterocycles. The summed E-state index contributed by atoms with van der Waals surface area (Å²) >= 11 is 1.62. The molecule has 0 saturated carbocycles. The number of aryl methyl sites for hydroxylation is 1. The van der Waals surface area contributed by atoms with Gasteiger partial charge in [-0.2, -0.15) is 0 Å². The molecule has 2 N–H and O–H groups in total. The third kappa shape index (κ3) is 2.75. The highest BCUT2D eigenvalue weighted by atomic mass is 32.1. The quantitative estimate of drug-likeness (QED) is 0.874. The van der Waals surface area contributed by atoms with Gasteiger partial charge in [0.1, 0.15) is 6.10 Å². The number of morpholine rings is 1. The molecule has 2 aromatic rings. The van der Waals surface area contributed by atoms with Crippen LogP contribution in [-0.2, 0) is 9.53 Å². The Balaban J connectivity index is 1.74. The molecule has 2 heterocycles. The normalized spacial score (nSPS) is 19.5. The number of aromatic nitrogens is 1. The van der Waals surface area contributed by atoms with Crippen LogP contribution in [0.1, 0.15) is 5.01 Å². The third-order valence-corrected chi connectivity index (χ3v) is 3.92. The summed E-state index contributed by atoms with van der Waals surface area (Å²) in [6, 6.07) is 5.75. The molecule has 6 heteroatoms. The minimum atomic E-state index is -0.410. The van der Waals surface area contributed by atoms with E-state index >= 15 is 0 Å². The van der Waals surface area contributed by atoms with Gasteiger partial charge in [-0.25, -0.2) is 4.98 Å². The van der Waals surface area contributed by atoms with E-state index in [4.69, 9.17) is 4.74 Å². The number of anilines is 1. The number of thiazole rings is 1. The van der Waals surface area contributed by atoms with Gasteiger partial charge < -0.3 is 15.4 Å². The van der Waals surface area contributed by atoms with E-state index < -0.39 is 6.10 Å². The molecule has 100 valence electrons. The zero-order valence-corrected chi connectivity index (χ0v) is 11.4. The lowest BCUT2D eigenvalue weighted by molar-refractivity contribution is -0.128. The predicted molar refractivity (Wildman–Crippen MR) is 75.6 cm³/mol. The van der Waals surface area contributed by atoms with Gasteiger partial charge in [-0.15, -0.1) is 11.3 Å². The highest BCUT2D eigenvalue weighted by molar-refractivity contribution is 7.18. The Bertz CT molecular complexity index is 605. The zero-order valence-electron chi connectivity index (χ0n) is 10.6. The van der Waals surface area contributed by atoms with E-state index in [2.05, 4.69) is 15.6 Å². The van der Waals surface area contributed by atoms with Crippen molar-refractivity contribution in [1.29, 1.82) is 0 Å². The molecule has 0 radical (unpaired) electrons. The molecule has 1 amide bonds. The molecule has 0 spiro atoms. The van der Waals surface area contributed by atoms with Crippen molar-refractivity contribution in [3.63, 3.8) is 0 Å². The van der Waals surface area contributed by atoms with Crippen molar-refractivity contribution in [3.05, 3.63) is 23.2 Å². The lowest BCUT2D eigenvalue weighted by Crippen LogP contribution is -2.45. The van der Waals surface area contributed by atoms with Crippen LogP contribution in [0.25, 0.3) is 10.2 Å². The van der Waals surface area contributed by atoms with Gasteiger partial charge in [0.2, 0.25) is 0 Å². The summed E-state index contributed by atoms with van der Waals surface area (Å²) in [6.45, 7) is 3.92. The van der Waals surface area contributed by atoms with Crippen molar-refractivity contribution in [2.75, 3.05) is 25.0 Å². The number of benzene rings is 1. The topological polar surface area (TPSA) is 63.2 Å². The van der Waals surface area contributed by atoms with Gasteiger partial charge in [0.25, 0.3) is 5.91 Å². The maximum atomic E-state index is 12.0. The SMILES string of the molecule is Cc1nc2ccc(NC(=O)C3CNCCO3)cc2s1. The maximum absolute atomic E-state index is 12.0. The number of nitrogens with zero attached hydrogens (tertiary/aromatic N) is 1. The van der Waals surface area contributed by atoms with Crippen LogP contribution >= 0.6 is 11.3 Å². The van der Waals surface area contributed by atoms with Crippen molar-refractivity contribution in [1.82, 2.24) is 10.3 Å². The van der Waals surface area contributed by atoms with Crippen LogP contribution in [0, 0.1) is 6.92 Å². The molecular weight excluding hydrogens is 262 g/mol. The highest BCUT2D eigenvalue weighted by Crippen LogP contribution is 2.24. The van der Waals surface area contributed by atoms with Crippen molar-refractivity contribution in [3.8, 4) is 0 Å². The number of hydrogen-bond donors (Lipinski definition) is 2. The molecule has 1 saturated heterocycles. The molecule has 1 atom stereocenters. The van der Waals surface area contributed by atoms with Crippen LogP contribution in [0.4, 0.5) is 5.69 Å². The van der Waals surface area contributed by atoms with Crippen molar-refractivity contribution < 1.29 is 9.53 Å². The molecule has 0 bridgehead atoms. The Morgan fingerprint density at radius 1 is 1.58 bits per heavy atom. The van der Waals surface area contributed by atoms with Crippen LogP contribution < -0.4 is 10.6 Å². The molecule has 1 aromatic carbocycles. The fraction of sp³-hybridized carbons (Fsp3) is 0.385. The third-order valence-electron chi connectivity index (χ3n) is 2.98. The van der Waals surface area contributed by atoms with Crippen molar-refractivity contribution in [2.45, 2.75) is 13.0 Å². The fourth-order valence-corrected chi connectivity index (χ4v) is 2.94. The number of nitrogens with one attached hydrogen (secondary N) is 2. The monoisotopic (exact) mass is 277 g/mol. The van der Waals surface area contributed by atoms with Crippen LogP contribution in [0.5, 0.6) is 0 Å². The predicted octanol–water partition coefficient (Wildman–Crippen LogP) is 1.53. The zero-order chi connectivity index (χ0) is 13.2. The Kier molecular flexibility index (Phi) is 3.46. The lowest BCUT2D eigenvalue weighted by atomic mass is 10.2. The molecule has 1 aliphatic rings. The first kappa shape index (κ1) is 12.5. The number of amides is 1. The second kappa shape index (κ2) is 5.24. The van der Waals surface area contributed by atoms with Crippen molar-refractivity contribution >= 4 is 33.1 Å². The lowest BCUT2D eigenvalue weighted by Gasteiger charge is -2.22. The van der Waals surface area contributed by atoms with Gasteiger partial charge in [-0.1, -0.05) is 0 Å². The van der Waals surface area contributed by atoms with Gasteiger partial charge in [0.15, 0.2) is 0 Å². The van der Waals surface area contributed by atoms with E-state index in [-0.39, 0.29) is 5.91 Å². The standard InChI is InChI=1S/C13H15N3O2S/c1-8-15-10-3-2-9(6-12(10)19-8)16-13(17)11-7-14-4-5-18-11/h2-3,6,11,14H,4-5,7H2,1H3,(H,16,17). The number of fused-ring (bicyclic) bond motifs is 1. The first-order chi connectivity index (χ1) is 9.22. The van der Waals surface area contributed by atoms with E-state index in [1.807, 2.05) is 25.1 Å². The summed E-state index contributed by atoms with van der Waals surface area (Å²) in [7, 11) is 0. The fourth-order valence-electron chi connectivity index (χ4n) is 2.07. The van der Waals surface area contributed by atoms with E-state index in [9.17, 15) is 4.79 Å². The summed E-state index contributed by atoms with van der Waals surface area (Å²) < 4.78 is 6.50. The first-order valence-electron chi connectivity index (χ1n) is 6.23. The average Bonchev–Trinajstić information content (AvgIpc) is 2.79. The van der Waals surface area contributed by atoms with Crippen LogP contribution in [0.15, 0.2) is 18.2 Å². The smallest absolute Gasteiger partial charge is 0.254 e. The molecule has 1 fully saturated rings. The van der Waals surface area contributed by atoms with E-state index in [0.717, 1.165) is 27.5 Å². The van der Waals surface area contributed by atoms with Gasteiger partial charge in [-0.3, -0.25) is 4.79 Å². The Morgan fingerprint density at radius 3 is 3.26 bits per heavy atom. The van der Waals surface area contributed by atoms with Crippen LogP contribution in [0.2, 0.25) is 0 Å². The summed E-state index contributed by atoms with van der Waals surface area (Å²) in [6.07, 6.45) is -0.410. The minimum Gasteiger partial charge on any atom is -0.366 e. The van der Waals surface area contributed by atoms with Crippen LogP contribution in [-0.4, -0.2) is 36.7 Å². The number of ether oxygens (including phenoxy) is 1. The number of carbonyl (C=O) groups excluding carboxylic acids is 1. The minimum absolute atomic E-state index is 0.104. The van der Waals surface area contributed by atoms with E-state index in [1.165, 1.54) is 0 Å². The Hall–Kier alpha value is -1.50. The molecule has 19 heavy (non-hydrogen) atoms. The van der Waals surface area contributed by atoms with Gasteiger partial charge in [0, 0.05) is 18.8 Å². The van der Waals surface area contributed by atoms with Gasteiger partial charge >= 0.3 is 0 Å². The highest BCUT2D eigenvalue weighted by Gasteiger charge is 2.21. The number of rotatable bonds is 2. The first-order valence-corrected chi connectivity index (χ1v) is 7.04. The molecule has 5 nitrogen and oxygen atoms in total. The van der Waals surface area contributed by atoms with Crippen molar-refractivity contribution in [2.24, 2.45) is 0 Å². The summed E-state index contributed by atoms with van der Waals surface area (Å²) in [5, 5.41) is 7.05. The van der Waals surface area contributed by atoms with Gasteiger partial charge in [-0.05, 0) is 25.1 Å². The molecular formula is C13H15N3O2S. The molecule has 1 unspecified atom stereocenters. The largest absolute Gasteiger partial charge is 0.366 e.